The molecule has 0 amide bonds. The van der Waals surface area contributed by atoms with Crippen LogP contribution in [0.5, 0.6) is 0 Å². The highest BCUT2D eigenvalue weighted by Crippen LogP contribution is 2.28. The highest BCUT2D eigenvalue weighted by atomic mass is 28.3. The maximum absolute atomic E-state index is 12.9. The Labute approximate surface area is 140 Å². The molecule has 2 rings (SSSR count). The fourth-order valence-corrected chi connectivity index (χ4v) is 4.84. The molecule has 0 spiro atoms. The van der Waals surface area contributed by atoms with E-state index in [-0.39, 0.29) is 11.3 Å². The predicted octanol–water partition coefficient (Wildman–Crippen LogP) is 3.85. The SMILES string of the molecule is CCO[SiH](OC)C(CC)c1ccccc1C(=O)c1ccccc1. The van der Waals surface area contributed by atoms with Gasteiger partial charge in [0.1, 0.15) is 0 Å². The van der Waals surface area contributed by atoms with Crippen LogP contribution < -0.4 is 0 Å². The summed E-state index contributed by atoms with van der Waals surface area (Å²) in [6.45, 7) is 4.73. The number of hydrogen-bond donors (Lipinski definition) is 0. The standard InChI is InChI=1S/C19H24O3Si/c1-4-18(23(21-3)22-5-2)16-13-9-10-14-17(16)19(20)15-11-7-6-8-12-15/h6-14,18,23H,4-5H2,1-3H3. The zero-order valence-corrected chi connectivity index (χ0v) is 15.1. The quantitative estimate of drug-likeness (QED) is 0.545. The van der Waals surface area contributed by atoms with Crippen LogP contribution in [0.1, 0.15) is 47.3 Å². The van der Waals surface area contributed by atoms with Gasteiger partial charge in [0.2, 0.25) is 0 Å². The monoisotopic (exact) mass is 328 g/mol. The lowest BCUT2D eigenvalue weighted by atomic mass is 9.95. The van der Waals surface area contributed by atoms with Crippen molar-refractivity contribution >= 4 is 15.1 Å². The zero-order chi connectivity index (χ0) is 16.7. The van der Waals surface area contributed by atoms with Gasteiger partial charge in [-0.3, -0.25) is 4.79 Å². The van der Waals surface area contributed by atoms with E-state index in [1.165, 1.54) is 0 Å². The Morgan fingerprint density at radius 2 is 1.70 bits per heavy atom. The number of hydrogen-bond acceptors (Lipinski definition) is 3. The molecule has 2 unspecified atom stereocenters. The first kappa shape index (κ1) is 17.6. The fourth-order valence-electron chi connectivity index (χ4n) is 2.84. The van der Waals surface area contributed by atoms with E-state index in [0.29, 0.717) is 12.2 Å². The second kappa shape index (κ2) is 8.77. The molecule has 0 bridgehead atoms. The number of ketones is 1. The molecular weight excluding hydrogens is 304 g/mol. The second-order valence-electron chi connectivity index (χ2n) is 5.36. The van der Waals surface area contributed by atoms with Crippen molar-refractivity contribution in [2.45, 2.75) is 25.8 Å². The number of carbonyl (C=O) groups excluding carboxylic acids is 1. The summed E-state index contributed by atoms with van der Waals surface area (Å²) in [6, 6.07) is 17.2. The summed E-state index contributed by atoms with van der Waals surface area (Å²) in [4.78, 5) is 12.9. The van der Waals surface area contributed by atoms with Crippen molar-refractivity contribution in [3.63, 3.8) is 0 Å². The van der Waals surface area contributed by atoms with E-state index in [1.807, 2.05) is 61.5 Å². The Balaban J connectivity index is 2.41. The normalized spacial score (nSPS) is 13.5. The highest BCUT2D eigenvalue weighted by molar-refractivity contribution is 6.46. The highest BCUT2D eigenvalue weighted by Gasteiger charge is 2.28. The lowest BCUT2D eigenvalue weighted by Crippen LogP contribution is -2.31. The van der Waals surface area contributed by atoms with Gasteiger partial charge in [-0.05, 0) is 18.9 Å². The lowest BCUT2D eigenvalue weighted by molar-refractivity contribution is 0.103. The molecule has 0 aromatic heterocycles. The van der Waals surface area contributed by atoms with Gasteiger partial charge in [-0.2, -0.15) is 0 Å². The first-order valence-corrected chi connectivity index (χ1v) is 9.66. The average molecular weight is 328 g/mol. The van der Waals surface area contributed by atoms with E-state index in [2.05, 4.69) is 6.92 Å². The predicted molar refractivity (Wildman–Crippen MR) is 95.1 cm³/mol. The van der Waals surface area contributed by atoms with Crippen LogP contribution in [0.2, 0.25) is 0 Å². The molecule has 0 saturated heterocycles. The van der Waals surface area contributed by atoms with Crippen LogP contribution in [0.4, 0.5) is 0 Å². The molecule has 0 heterocycles. The molecule has 0 saturated carbocycles. The number of rotatable bonds is 8. The Bertz CT molecular complexity index is 628. The van der Waals surface area contributed by atoms with Gasteiger partial charge in [-0.15, -0.1) is 0 Å². The minimum absolute atomic E-state index is 0.0556. The van der Waals surface area contributed by atoms with Crippen molar-refractivity contribution < 1.29 is 13.6 Å². The minimum atomic E-state index is -1.87. The van der Waals surface area contributed by atoms with Crippen molar-refractivity contribution in [1.29, 1.82) is 0 Å². The molecule has 0 aliphatic carbocycles. The van der Waals surface area contributed by atoms with Gasteiger partial charge in [0.15, 0.2) is 5.78 Å². The largest absolute Gasteiger partial charge is 0.400 e. The Morgan fingerprint density at radius 3 is 2.30 bits per heavy atom. The molecule has 3 nitrogen and oxygen atoms in total. The first-order valence-electron chi connectivity index (χ1n) is 8.05. The van der Waals surface area contributed by atoms with E-state index < -0.39 is 9.28 Å². The fraction of sp³-hybridized carbons (Fsp3) is 0.316. The van der Waals surface area contributed by atoms with Crippen LogP contribution >= 0.6 is 0 Å². The zero-order valence-electron chi connectivity index (χ0n) is 14.0. The van der Waals surface area contributed by atoms with Gasteiger partial charge >= 0.3 is 9.28 Å². The van der Waals surface area contributed by atoms with Gasteiger partial charge < -0.3 is 8.85 Å². The molecular formula is C19H24O3Si. The second-order valence-corrected chi connectivity index (χ2v) is 7.70. The molecule has 23 heavy (non-hydrogen) atoms. The van der Waals surface area contributed by atoms with E-state index in [0.717, 1.165) is 17.5 Å². The third-order valence-electron chi connectivity index (χ3n) is 3.97. The van der Waals surface area contributed by atoms with E-state index in [1.54, 1.807) is 7.11 Å². The van der Waals surface area contributed by atoms with E-state index in [9.17, 15) is 4.79 Å². The van der Waals surface area contributed by atoms with Gasteiger partial charge in [-0.25, -0.2) is 0 Å². The molecule has 2 atom stereocenters. The maximum atomic E-state index is 12.9. The summed E-state index contributed by atoms with van der Waals surface area (Å²) in [5, 5.41) is 0. The van der Waals surface area contributed by atoms with Crippen molar-refractivity contribution in [3.05, 3.63) is 71.3 Å². The summed E-state index contributed by atoms with van der Waals surface area (Å²) in [5.74, 6) is 0.0556. The van der Waals surface area contributed by atoms with Crippen molar-refractivity contribution in [1.82, 2.24) is 0 Å². The molecule has 0 fully saturated rings. The Kier molecular flexibility index (Phi) is 6.71. The maximum Gasteiger partial charge on any atom is 0.328 e. The minimum Gasteiger partial charge on any atom is -0.400 e. The van der Waals surface area contributed by atoms with Crippen molar-refractivity contribution in [3.8, 4) is 0 Å². The average Bonchev–Trinajstić information content (AvgIpc) is 2.62. The Hall–Kier alpha value is -1.75. The van der Waals surface area contributed by atoms with Crippen LogP contribution in [-0.4, -0.2) is 28.8 Å². The topological polar surface area (TPSA) is 35.5 Å². The van der Waals surface area contributed by atoms with Crippen LogP contribution in [0.3, 0.4) is 0 Å². The Morgan fingerprint density at radius 1 is 1.04 bits per heavy atom. The summed E-state index contributed by atoms with van der Waals surface area (Å²) < 4.78 is 11.5. The molecule has 0 aliphatic heterocycles. The summed E-state index contributed by atoms with van der Waals surface area (Å²) in [7, 11) is -0.165. The van der Waals surface area contributed by atoms with Crippen LogP contribution in [0.15, 0.2) is 54.6 Å². The van der Waals surface area contributed by atoms with Gasteiger partial charge in [0, 0.05) is 30.4 Å². The van der Waals surface area contributed by atoms with Crippen molar-refractivity contribution in [2.75, 3.05) is 13.7 Å². The summed E-state index contributed by atoms with van der Waals surface area (Å²) in [5.41, 5.74) is 2.65. The van der Waals surface area contributed by atoms with Crippen LogP contribution in [0.25, 0.3) is 0 Å². The molecule has 2 aromatic carbocycles. The number of carbonyl (C=O) groups is 1. The van der Waals surface area contributed by atoms with Crippen molar-refractivity contribution in [2.24, 2.45) is 0 Å². The van der Waals surface area contributed by atoms with Gasteiger partial charge in [-0.1, -0.05) is 61.5 Å². The third-order valence-corrected chi connectivity index (χ3v) is 6.59. The summed E-state index contributed by atoms with van der Waals surface area (Å²) in [6.07, 6.45) is 0.893. The molecule has 0 aliphatic rings. The van der Waals surface area contributed by atoms with Crippen LogP contribution in [0, 0.1) is 0 Å². The van der Waals surface area contributed by atoms with Gasteiger partial charge in [0.05, 0.1) is 0 Å². The van der Waals surface area contributed by atoms with E-state index >= 15 is 0 Å². The third kappa shape index (κ3) is 4.16. The van der Waals surface area contributed by atoms with Gasteiger partial charge in [0.25, 0.3) is 0 Å². The molecule has 0 radical (unpaired) electrons. The molecule has 2 aromatic rings. The smallest absolute Gasteiger partial charge is 0.328 e. The van der Waals surface area contributed by atoms with E-state index in [4.69, 9.17) is 8.85 Å². The first-order chi connectivity index (χ1) is 11.2. The molecule has 122 valence electrons. The molecule has 4 heteroatoms. The summed E-state index contributed by atoms with van der Waals surface area (Å²) >= 11 is 0. The number of benzene rings is 2. The lowest BCUT2D eigenvalue weighted by Gasteiger charge is -2.24. The molecule has 0 N–H and O–H groups in total. The van der Waals surface area contributed by atoms with Crippen LogP contribution in [-0.2, 0) is 8.85 Å².